The normalized spacial score (nSPS) is 21.2. The number of thiophene rings is 1. The maximum atomic E-state index is 3.72. The Labute approximate surface area is 106 Å². The van der Waals surface area contributed by atoms with Crippen LogP contribution in [0.4, 0.5) is 0 Å². The average Bonchev–Trinajstić information content (AvgIpc) is 2.88. The zero-order chi connectivity index (χ0) is 10.8. The molecule has 1 aromatic rings. The van der Waals surface area contributed by atoms with E-state index in [0.29, 0.717) is 0 Å². The highest BCUT2D eigenvalue weighted by atomic mass is 32.2. The fourth-order valence-corrected chi connectivity index (χ4v) is 4.94. The molecule has 1 aromatic heterocycles. The number of rotatable bonds is 3. The maximum absolute atomic E-state index is 3.72. The second-order valence-electron chi connectivity index (χ2n) is 4.78. The van der Waals surface area contributed by atoms with Gasteiger partial charge in [0.05, 0.1) is 0 Å². The van der Waals surface area contributed by atoms with E-state index in [1.54, 1.807) is 15.3 Å². The molecule has 0 unspecified atom stereocenters. The van der Waals surface area contributed by atoms with Gasteiger partial charge < -0.3 is 5.32 Å². The van der Waals surface area contributed by atoms with E-state index < -0.39 is 0 Å². The summed E-state index contributed by atoms with van der Waals surface area (Å²) in [6.07, 6.45) is 6.76. The predicted octanol–water partition coefficient (Wildman–Crippen LogP) is 3.22. The first-order chi connectivity index (χ1) is 7.92. The van der Waals surface area contributed by atoms with Gasteiger partial charge in [0.25, 0.3) is 0 Å². The van der Waals surface area contributed by atoms with Crippen LogP contribution in [0.5, 0.6) is 0 Å². The first-order valence-corrected chi connectivity index (χ1v) is 8.30. The van der Waals surface area contributed by atoms with E-state index in [9.17, 15) is 0 Å². The minimum absolute atomic E-state index is 0.776. The Kier molecular flexibility index (Phi) is 3.55. The minimum Gasteiger partial charge on any atom is -0.309 e. The molecule has 1 fully saturated rings. The van der Waals surface area contributed by atoms with E-state index in [0.717, 1.165) is 12.6 Å². The van der Waals surface area contributed by atoms with Gasteiger partial charge in [0.2, 0.25) is 0 Å². The number of thioether (sulfide) groups is 1. The molecule has 16 heavy (non-hydrogen) atoms. The van der Waals surface area contributed by atoms with Crippen molar-refractivity contribution in [1.82, 2.24) is 5.32 Å². The second-order valence-corrected chi connectivity index (χ2v) is 7.23. The summed E-state index contributed by atoms with van der Waals surface area (Å²) in [5.41, 5.74) is 1.64. The van der Waals surface area contributed by atoms with Crippen molar-refractivity contribution in [2.75, 3.05) is 11.5 Å². The van der Waals surface area contributed by atoms with Crippen LogP contribution in [0, 0.1) is 0 Å². The molecule has 88 valence electrons. The summed E-state index contributed by atoms with van der Waals surface area (Å²) in [5, 5.41) is 3.72. The molecule has 2 heterocycles. The van der Waals surface area contributed by atoms with Gasteiger partial charge in [-0.05, 0) is 55.2 Å². The van der Waals surface area contributed by atoms with Crippen molar-refractivity contribution < 1.29 is 0 Å². The SMILES string of the molecule is c1c(CNC2CCSCC2)sc2c1CCC2. The first-order valence-electron chi connectivity index (χ1n) is 6.33. The Morgan fingerprint density at radius 3 is 2.94 bits per heavy atom. The van der Waals surface area contributed by atoms with Crippen LogP contribution in [0.25, 0.3) is 0 Å². The number of hydrogen-bond donors (Lipinski definition) is 1. The van der Waals surface area contributed by atoms with Gasteiger partial charge in [0.15, 0.2) is 0 Å². The summed E-state index contributed by atoms with van der Waals surface area (Å²) in [6.45, 7) is 1.10. The van der Waals surface area contributed by atoms with Crippen molar-refractivity contribution in [2.45, 2.75) is 44.7 Å². The molecule has 0 atom stereocenters. The molecular weight excluding hydrogens is 234 g/mol. The summed E-state index contributed by atoms with van der Waals surface area (Å²) < 4.78 is 0. The number of hydrogen-bond acceptors (Lipinski definition) is 3. The monoisotopic (exact) mass is 253 g/mol. The van der Waals surface area contributed by atoms with Crippen LogP contribution in [-0.2, 0) is 19.4 Å². The number of nitrogens with one attached hydrogen (secondary N) is 1. The molecule has 0 saturated carbocycles. The van der Waals surface area contributed by atoms with Crippen molar-refractivity contribution in [3.05, 3.63) is 21.4 Å². The van der Waals surface area contributed by atoms with E-state index in [1.165, 1.54) is 43.6 Å². The Hall–Kier alpha value is 0.0100. The van der Waals surface area contributed by atoms with Crippen LogP contribution in [0.3, 0.4) is 0 Å². The lowest BCUT2D eigenvalue weighted by Gasteiger charge is -2.22. The molecule has 0 aromatic carbocycles. The third-order valence-corrected chi connectivity index (χ3v) is 5.87. The molecule has 1 saturated heterocycles. The lowest BCUT2D eigenvalue weighted by Crippen LogP contribution is -2.31. The average molecular weight is 253 g/mol. The molecule has 0 bridgehead atoms. The topological polar surface area (TPSA) is 12.0 Å². The highest BCUT2D eigenvalue weighted by Gasteiger charge is 2.16. The van der Waals surface area contributed by atoms with Crippen LogP contribution >= 0.6 is 23.1 Å². The summed E-state index contributed by atoms with van der Waals surface area (Å²) in [7, 11) is 0. The molecule has 0 amide bonds. The quantitative estimate of drug-likeness (QED) is 0.887. The van der Waals surface area contributed by atoms with Gasteiger partial charge >= 0.3 is 0 Å². The van der Waals surface area contributed by atoms with Crippen LogP contribution < -0.4 is 5.32 Å². The molecule has 0 radical (unpaired) electrons. The molecule has 1 aliphatic carbocycles. The molecule has 3 heteroatoms. The molecule has 3 rings (SSSR count). The van der Waals surface area contributed by atoms with E-state index in [2.05, 4.69) is 23.1 Å². The van der Waals surface area contributed by atoms with Crippen molar-refractivity contribution in [1.29, 1.82) is 0 Å². The molecular formula is C13H19NS2. The lowest BCUT2D eigenvalue weighted by molar-refractivity contribution is 0.484. The maximum Gasteiger partial charge on any atom is 0.0302 e. The van der Waals surface area contributed by atoms with Crippen molar-refractivity contribution >= 4 is 23.1 Å². The summed E-state index contributed by atoms with van der Waals surface area (Å²) >= 11 is 4.15. The summed E-state index contributed by atoms with van der Waals surface area (Å²) in [6, 6.07) is 3.22. The Morgan fingerprint density at radius 2 is 2.12 bits per heavy atom. The second kappa shape index (κ2) is 5.11. The summed E-state index contributed by atoms with van der Waals surface area (Å²) in [5.74, 6) is 2.69. The number of aryl methyl sites for hydroxylation is 2. The van der Waals surface area contributed by atoms with Crippen LogP contribution in [-0.4, -0.2) is 17.5 Å². The van der Waals surface area contributed by atoms with Crippen molar-refractivity contribution in [3.8, 4) is 0 Å². The Balaban J connectivity index is 1.53. The van der Waals surface area contributed by atoms with Crippen LogP contribution in [0.2, 0.25) is 0 Å². The van der Waals surface area contributed by atoms with Gasteiger partial charge in [-0.25, -0.2) is 0 Å². The van der Waals surface area contributed by atoms with E-state index in [1.807, 2.05) is 11.3 Å². The van der Waals surface area contributed by atoms with E-state index >= 15 is 0 Å². The van der Waals surface area contributed by atoms with Gasteiger partial charge in [0, 0.05) is 22.3 Å². The fraction of sp³-hybridized carbons (Fsp3) is 0.692. The van der Waals surface area contributed by atoms with Gasteiger partial charge in [-0.1, -0.05) is 0 Å². The zero-order valence-electron chi connectivity index (χ0n) is 9.63. The standard InChI is InChI=1S/C13H19NS2/c1-2-10-8-12(16-13(10)3-1)9-14-11-4-6-15-7-5-11/h8,11,14H,1-7,9H2. The van der Waals surface area contributed by atoms with Crippen molar-refractivity contribution in [3.63, 3.8) is 0 Å². The Bertz CT molecular complexity index is 331. The van der Waals surface area contributed by atoms with Crippen LogP contribution in [0.1, 0.15) is 34.6 Å². The fourth-order valence-electron chi connectivity index (χ4n) is 2.62. The van der Waals surface area contributed by atoms with E-state index in [-0.39, 0.29) is 0 Å². The molecule has 1 nitrogen and oxygen atoms in total. The van der Waals surface area contributed by atoms with Gasteiger partial charge in [-0.15, -0.1) is 11.3 Å². The predicted molar refractivity (Wildman–Crippen MR) is 73.5 cm³/mol. The molecule has 1 N–H and O–H groups in total. The van der Waals surface area contributed by atoms with Crippen LogP contribution in [0.15, 0.2) is 6.07 Å². The number of fused-ring (bicyclic) bond motifs is 1. The van der Waals surface area contributed by atoms with Gasteiger partial charge in [0.1, 0.15) is 0 Å². The van der Waals surface area contributed by atoms with Crippen molar-refractivity contribution in [2.24, 2.45) is 0 Å². The highest BCUT2D eigenvalue weighted by Crippen LogP contribution is 2.30. The molecule has 0 spiro atoms. The van der Waals surface area contributed by atoms with Gasteiger partial charge in [-0.3, -0.25) is 0 Å². The lowest BCUT2D eigenvalue weighted by atomic mass is 10.1. The van der Waals surface area contributed by atoms with Gasteiger partial charge in [-0.2, -0.15) is 11.8 Å². The van der Waals surface area contributed by atoms with E-state index in [4.69, 9.17) is 0 Å². The zero-order valence-corrected chi connectivity index (χ0v) is 11.3. The summed E-state index contributed by atoms with van der Waals surface area (Å²) in [4.78, 5) is 3.22. The smallest absolute Gasteiger partial charge is 0.0302 e. The third-order valence-electron chi connectivity index (χ3n) is 3.58. The third kappa shape index (κ3) is 2.47. The highest BCUT2D eigenvalue weighted by molar-refractivity contribution is 7.99. The minimum atomic E-state index is 0.776. The molecule has 1 aliphatic heterocycles. The molecule has 2 aliphatic rings. The first kappa shape index (κ1) is 11.1. The Morgan fingerprint density at radius 1 is 1.25 bits per heavy atom. The largest absolute Gasteiger partial charge is 0.309 e.